The van der Waals surface area contributed by atoms with Crippen molar-refractivity contribution in [3.63, 3.8) is 0 Å². The molecule has 1 atom stereocenters. The Morgan fingerprint density at radius 1 is 1.47 bits per heavy atom. The third-order valence-corrected chi connectivity index (χ3v) is 2.80. The summed E-state index contributed by atoms with van der Waals surface area (Å²) in [6, 6.07) is 2.84. The fraction of sp³-hybridized carbons (Fsp3) is 0.455. The van der Waals surface area contributed by atoms with Gasteiger partial charge in [0, 0.05) is 12.1 Å². The Morgan fingerprint density at radius 3 is 2.47 bits per heavy atom. The van der Waals surface area contributed by atoms with Gasteiger partial charge in [-0.3, -0.25) is 4.79 Å². The van der Waals surface area contributed by atoms with Crippen molar-refractivity contribution >= 4 is 29.1 Å². The summed E-state index contributed by atoms with van der Waals surface area (Å²) in [4.78, 5) is 15.5. The van der Waals surface area contributed by atoms with Gasteiger partial charge in [-0.2, -0.15) is 0 Å². The minimum Gasteiger partial charge on any atom is -0.388 e. The van der Waals surface area contributed by atoms with E-state index in [1.54, 1.807) is 6.92 Å². The van der Waals surface area contributed by atoms with Crippen LogP contribution >= 0.6 is 23.2 Å². The highest BCUT2D eigenvalue weighted by atomic mass is 35.5. The zero-order valence-electron chi connectivity index (χ0n) is 9.63. The van der Waals surface area contributed by atoms with Gasteiger partial charge in [-0.1, -0.05) is 30.1 Å². The average molecular weight is 277 g/mol. The summed E-state index contributed by atoms with van der Waals surface area (Å²) in [6.45, 7) is 3.66. The van der Waals surface area contributed by atoms with Crippen LogP contribution in [0.4, 0.5) is 0 Å². The maximum Gasteiger partial charge on any atom is 0.251 e. The molecule has 2 N–H and O–H groups in total. The number of rotatable bonds is 4. The monoisotopic (exact) mass is 276 g/mol. The van der Waals surface area contributed by atoms with Gasteiger partial charge in [-0.15, -0.1) is 0 Å². The lowest BCUT2D eigenvalue weighted by atomic mass is 10.0. The molecule has 0 saturated heterocycles. The molecule has 0 aliphatic heterocycles. The summed E-state index contributed by atoms with van der Waals surface area (Å²) in [5.41, 5.74) is -0.599. The quantitative estimate of drug-likeness (QED) is 0.830. The van der Waals surface area contributed by atoms with Crippen LogP contribution in [0.3, 0.4) is 0 Å². The van der Waals surface area contributed by atoms with Gasteiger partial charge in [0.2, 0.25) is 0 Å². The van der Waals surface area contributed by atoms with Crippen molar-refractivity contribution in [2.24, 2.45) is 0 Å². The van der Waals surface area contributed by atoms with E-state index in [9.17, 15) is 9.90 Å². The number of amides is 1. The fourth-order valence-corrected chi connectivity index (χ4v) is 1.55. The van der Waals surface area contributed by atoms with Crippen LogP contribution in [0.5, 0.6) is 0 Å². The lowest BCUT2D eigenvalue weighted by Crippen LogP contribution is -2.40. The average Bonchev–Trinajstić information content (AvgIpc) is 2.24. The van der Waals surface area contributed by atoms with Crippen LogP contribution in [0.2, 0.25) is 10.3 Å². The molecule has 94 valence electrons. The number of hydrogen-bond donors (Lipinski definition) is 2. The van der Waals surface area contributed by atoms with Gasteiger partial charge in [0.05, 0.1) is 5.60 Å². The molecule has 1 heterocycles. The van der Waals surface area contributed by atoms with Gasteiger partial charge in [0.25, 0.3) is 5.91 Å². The van der Waals surface area contributed by atoms with Crippen molar-refractivity contribution in [1.82, 2.24) is 10.3 Å². The van der Waals surface area contributed by atoms with Crippen LogP contribution in [0.15, 0.2) is 12.1 Å². The fourth-order valence-electron chi connectivity index (χ4n) is 1.09. The second-order valence-electron chi connectivity index (χ2n) is 4.03. The first-order valence-electron chi connectivity index (χ1n) is 5.18. The maximum atomic E-state index is 11.7. The maximum absolute atomic E-state index is 11.7. The van der Waals surface area contributed by atoms with Gasteiger partial charge < -0.3 is 10.4 Å². The molecule has 17 heavy (non-hydrogen) atoms. The standard InChI is InChI=1S/C11H14Cl2N2O2/c1-3-11(2,17)6-14-10(16)7-4-8(12)15-9(13)5-7/h4-5,17H,3,6H2,1-2H3,(H,14,16). The van der Waals surface area contributed by atoms with Gasteiger partial charge in [0.1, 0.15) is 10.3 Å². The van der Waals surface area contributed by atoms with Crippen LogP contribution in [0, 0.1) is 0 Å². The van der Waals surface area contributed by atoms with Crippen LogP contribution < -0.4 is 5.32 Å². The Kier molecular flexibility index (Phi) is 4.74. The minimum absolute atomic E-state index is 0.157. The number of halogens is 2. The number of aromatic nitrogens is 1. The third kappa shape index (κ3) is 4.50. The van der Waals surface area contributed by atoms with E-state index < -0.39 is 5.60 Å². The van der Waals surface area contributed by atoms with E-state index in [1.165, 1.54) is 12.1 Å². The molecule has 0 aliphatic carbocycles. The highest BCUT2D eigenvalue weighted by molar-refractivity contribution is 6.33. The molecule has 0 spiro atoms. The zero-order chi connectivity index (χ0) is 13.1. The first-order valence-corrected chi connectivity index (χ1v) is 5.93. The van der Waals surface area contributed by atoms with Gasteiger partial charge in [0.15, 0.2) is 0 Å². The Hall–Kier alpha value is -0.840. The molecule has 4 nitrogen and oxygen atoms in total. The number of carbonyl (C=O) groups is 1. The van der Waals surface area contributed by atoms with Gasteiger partial charge >= 0.3 is 0 Å². The van der Waals surface area contributed by atoms with Crippen LogP contribution in [0.1, 0.15) is 30.6 Å². The van der Waals surface area contributed by atoms with Crippen LogP contribution in [0.25, 0.3) is 0 Å². The highest BCUT2D eigenvalue weighted by Gasteiger charge is 2.19. The summed E-state index contributed by atoms with van der Waals surface area (Å²) >= 11 is 11.4. The van der Waals surface area contributed by atoms with E-state index in [1.807, 2.05) is 6.92 Å². The van der Waals surface area contributed by atoms with Crippen LogP contribution in [-0.4, -0.2) is 28.1 Å². The first kappa shape index (κ1) is 14.2. The smallest absolute Gasteiger partial charge is 0.251 e. The predicted octanol–water partition coefficient (Wildman–Crippen LogP) is 2.28. The van der Waals surface area contributed by atoms with Crippen molar-refractivity contribution in [2.45, 2.75) is 25.9 Å². The number of nitrogens with one attached hydrogen (secondary N) is 1. The van der Waals surface area contributed by atoms with Gasteiger partial charge in [-0.25, -0.2) is 4.98 Å². The molecule has 0 fully saturated rings. The molecule has 1 aromatic rings. The van der Waals surface area contributed by atoms with E-state index in [0.717, 1.165) is 0 Å². The molecule has 1 rings (SSSR count). The van der Waals surface area contributed by atoms with E-state index in [2.05, 4.69) is 10.3 Å². The number of pyridine rings is 1. The van der Waals surface area contributed by atoms with Crippen molar-refractivity contribution < 1.29 is 9.90 Å². The minimum atomic E-state index is -0.920. The van der Waals surface area contributed by atoms with Crippen LogP contribution in [-0.2, 0) is 0 Å². The number of carbonyl (C=O) groups excluding carboxylic acids is 1. The lowest BCUT2D eigenvalue weighted by molar-refractivity contribution is 0.0518. The Bertz CT molecular complexity index is 402. The highest BCUT2D eigenvalue weighted by Crippen LogP contribution is 2.15. The summed E-state index contributed by atoms with van der Waals surface area (Å²) in [5, 5.41) is 12.7. The Labute approximate surface area is 110 Å². The van der Waals surface area contributed by atoms with Crippen molar-refractivity contribution in [1.29, 1.82) is 0 Å². The first-order chi connectivity index (χ1) is 7.84. The molecule has 0 aliphatic rings. The predicted molar refractivity (Wildman–Crippen MR) is 67.5 cm³/mol. The molecular formula is C11H14Cl2N2O2. The second-order valence-corrected chi connectivity index (χ2v) is 4.81. The summed E-state index contributed by atoms with van der Waals surface area (Å²) in [5.74, 6) is -0.343. The number of aliphatic hydroxyl groups is 1. The normalized spacial score (nSPS) is 14.2. The molecule has 0 aromatic carbocycles. The van der Waals surface area contributed by atoms with Gasteiger partial charge in [-0.05, 0) is 25.5 Å². The van der Waals surface area contributed by atoms with E-state index in [4.69, 9.17) is 23.2 Å². The summed E-state index contributed by atoms with van der Waals surface area (Å²) < 4.78 is 0. The zero-order valence-corrected chi connectivity index (χ0v) is 11.1. The van der Waals surface area contributed by atoms with E-state index >= 15 is 0 Å². The summed E-state index contributed by atoms with van der Waals surface area (Å²) in [6.07, 6.45) is 0.547. The molecule has 0 saturated carbocycles. The third-order valence-electron chi connectivity index (χ3n) is 2.42. The molecule has 0 radical (unpaired) electrons. The van der Waals surface area contributed by atoms with Crippen molar-refractivity contribution in [2.75, 3.05) is 6.54 Å². The van der Waals surface area contributed by atoms with E-state index in [-0.39, 0.29) is 22.8 Å². The summed E-state index contributed by atoms with van der Waals surface area (Å²) in [7, 11) is 0. The Balaban J connectivity index is 2.70. The van der Waals surface area contributed by atoms with Crippen molar-refractivity contribution in [3.8, 4) is 0 Å². The van der Waals surface area contributed by atoms with Crippen molar-refractivity contribution in [3.05, 3.63) is 28.0 Å². The molecule has 1 unspecified atom stereocenters. The topological polar surface area (TPSA) is 62.2 Å². The molecule has 6 heteroatoms. The van der Waals surface area contributed by atoms with E-state index in [0.29, 0.717) is 12.0 Å². The second kappa shape index (κ2) is 5.67. The largest absolute Gasteiger partial charge is 0.388 e. The molecule has 0 bridgehead atoms. The molecule has 1 amide bonds. The lowest BCUT2D eigenvalue weighted by Gasteiger charge is -2.21. The number of hydrogen-bond acceptors (Lipinski definition) is 3. The number of nitrogens with zero attached hydrogens (tertiary/aromatic N) is 1. The molecule has 1 aromatic heterocycles. The molecular weight excluding hydrogens is 263 g/mol. The Morgan fingerprint density at radius 2 is 2.00 bits per heavy atom. The SMILES string of the molecule is CCC(C)(O)CNC(=O)c1cc(Cl)nc(Cl)c1.